The number of allylic oxidation sites excluding steroid dienone is 1. The fourth-order valence-electron chi connectivity index (χ4n) is 4.65. The molecule has 1 aromatic heterocycles. The van der Waals surface area contributed by atoms with Gasteiger partial charge in [-0.2, -0.15) is 4.98 Å². The third kappa shape index (κ3) is 5.63. The number of carbonyl (C=O) groups excluding carboxylic acids is 1. The fraction of sp³-hybridized carbons (Fsp3) is 0.207. The Bertz CT molecular complexity index is 1700. The van der Waals surface area contributed by atoms with E-state index in [0.717, 1.165) is 16.7 Å². The highest BCUT2D eigenvalue weighted by atomic mass is 35.5. The molecule has 1 atom stereocenters. The number of aryl methyl sites for hydroxylation is 1. The molecule has 0 bridgehead atoms. The van der Waals surface area contributed by atoms with Crippen LogP contribution in [-0.4, -0.2) is 32.7 Å². The first kappa shape index (κ1) is 28.2. The van der Waals surface area contributed by atoms with Crippen molar-refractivity contribution in [3.8, 4) is 5.75 Å². The van der Waals surface area contributed by atoms with Gasteiger partial charge in [-0.15, -0.1) is 5.10 Å². The molecule has 41 heavy (non-hydrogen) atoms. The number of nitrogens with one attached hydrogen (secondary N) is 2. The Labute approximate surface area is 245 Å². The molecule has 0 fully saturated rings. The molecule has 210 valence electrons. The maximum Gasteiger partial charge on any atom is 0.311 e. The predicted molar refractivity (Wildman–Crippen MR) is 160 cm³/mol. The number of aromatic nitrogens is 3. The highest BCUT2D eigenvalue weighted by molar-refractivity contribution is 7.98. The van der Waals surface area contributed by atoms with Gasteiger partial charge in [0.15, 0.2) is 5.75 Å². The summed E-state index contributed by atoms with van der Waals surface area (Å²) in [7, 11) is 1.37. The number of halogens is 1. The third-order valence-electron chi connectivity index (χ3n) is 6.96. The minimum absolute atomic E-state index is 0.115. The van der Waals surface area contributed by atoms with Crippen molar-refractivity contribution in [3.63, 3.8) is 0 Å². The summed E-state index contributed by atoms with van der Waals surface area (Å²) in [5.74, 6) is 0.702. The number of benzene rings is 3. The Balaban J connectivity index is 1.57. The van der Waals surface area contributed by atoms with Gasteiger partial charge in [0.1, 0.15) is 6.04 Å². The van der Waals surface area contributed by atoms with Gasteiger partial charge in [0, 0.05) is 28.2 Å². The molecule has 0 spiro atoms. The van der Waals surface area contributed by atoms with E-state index < -0.39 is 11.0 Å². The van der Waals surface area contributed by atoms with E-state index in [1.54, 1.807) is 17.7 Å². The maximum absolute atomic E-state index is 13.9. The summed E-state index contributed by atoms with van der Waals surface area (Å²) in [6.45, 7) is 5.69. The topological polar surface area (TPSA) is 124 Å². The number of nitro benzene ring substituents is 1. The molecule has 2 heterocycles. The van der Waals surface area contributed by atoms with Gasteiger partial charge < -0.3 is 15.4 Å². The van der Waals surface area contributed by atoms with Crippen molar-refractivity contribution in [1.82, 2.24) is 14.8 Å². The van der Waals surface area contributed by atoms with E-state index in [4.69, 9.17) is 21.4 Å². The molecule has 1 unspecified atom stereocenters. The van der Waals surface area contributed by atoms with Crippen LogP contribution in [-0.2, 0) is 10.5 Å². The van der Waals surface area contributed by atoms with Crippen LogP contribution in [0.25, 0.3) is 0 Å². The van der Waals surface area contributed by atoms with Crippen LogP contribution < -0.4 is 15.4 Å². The van der Waals surface area contributed by atoms with Gasteiger partial charge in [-0.3, -0.25) is 14.9 Å². The van der Waals surface area contributed by atoms with Crippen molar-refractivity contribution >= 4 is 46.6 Å². The van der Waals surface area contributed by atoms with Gasteiger partial charge in [-0.05, 0) is 61.2 Å². The molecule has 0 aliphatic carbocycles. The molecule has 12 heteroatoms. The number of methoxy groups -OCH3 is 1. The smallest absolute Gasteiger partial charge is 0.311 e. The first-order valence-corrected chi connectivity index (χ1v) is 14.0. The van der Waals surface area contributed by atoms with Gasteiger partial charge in [-0.25, -0.2) is 4.68 Å². The first-order valence-electron chi connectivity index (χ1n) is 12.7. The monoisotopic (exact) mass is 590 g/mol. The van der Waals surface area contributed by atoms with E-state index in [0.29, 0.717) is 44.4 Å². The summed E-state index contributed by atoms with van der Waals surface area (Å²) < 4.78 is 6.80. The van der Waals surface area contributed by atoms with Crippen LogP contribution in [0.5, 0.6) is 5.75 Å². The molecule has 2 N–H and O–H groups in total. The first-order chi connectivity index (χ1) is 19.7. The van der Waals surface area contributed by atoms with E-state index in [1.807, 2.05) is 56.3 Å². The second kappa shape index (κ2) is 11.6. The Morgan fingerprint density at radius 2 is 1.95 bits per heavy atom. The van der Waals surface area contributed by atoms with Gasteiger partial charge in [0.05, 0.1) is 17.6 Å². The summed E-state index contributed by atoms with van der Waals surface area (Å²) in [6.07, 6.45) is 0. The quantitative estimate of drug-likeness (QED) is 0.132. The number of anilines is 2. The highest BCUT2D eigenvalue weighted by Gasteiger charge is 2.36. The molecule has 0 saturated heterocycles. The van der Waals surface area contributed by atoms with Crippen LogP contribution in [0, 0.1) is 24.0 Å². The molecule has 3 aromatic carbocycles. The molecular formula is C29H27ClN6O4S. The number of thioether (sulfide) groups is 1. The standard InChI is InChI=1S/C29H27ClN6O4S/c1-16-8-7-11-22(17(16)2)32-27(37)25-18(3)31-28-33-29(41-15-20-9-5-6-10-21(20)30)34-35(28)26(25)19-12-13-24(40-4)23(14-19)36(38)39/h5-14,26H,15H2,1-4H3,(H,32,37)(H,31,33,34). The lowest BCUT2D eigenvalue weighted by Crippen LogP contribution is -2.31. The minimum Gasteiger partial charge on any atom is -0.490 e. The zero-order chi connectivity index (χ0) is 29.3. The van der Waals surface area contributed by atoms with Crippen molar-refractivity contribution in [2.45, 2.75) is 37.7 Å². The SMILES string of the molecule is COc1ccc(C2C(C(=O)Nc3cccc(C)c3C)=C(C)Nc3nc(SCc4ccccc4Cl)nn32)cc1[N+](=O)[O-]. The van der Waals surface area contributed by atoms with Gasteiger partial charge >= 0.3 is 5.69 Å². The highest BCUT2D eigenvalue weighted by Crippen LogP contribution is 2.40. The molecule has 10 nitrogen and oxygen atoms in total. The maximum atomic E-state index is 13.9. The number of hydrogen-bond donors (Lipinski definition) is 2. The zero-order valence-corrected chi connectivity index (χ0v) is 24.3. The van der Waals surface area contributed by atoms with Crippen LogP contribution >= 0.6 is 23.4 Å². The molecule has 5 rings (SSSR count). The van der Waals surface area contributed by atoms with E-state index in [2.05, 4.69) is 15.6 Å². The second-order valence-corrected chi connectivity index (χ2v) is 10.8. The van der Waals surface area contributed by atoms with Crippen LogP contribution in [0.4, 0.5) is 17.3 Å². The fourth-order valence-corrected chi connectivity index (χ4v) is 5.76. The Kier molecular flexibility index (Phi) is 8.00. The number of ether oxygens (including phenoxy) is 1. The number of rotatable bonds is 8. The van der Waals surface area contributed by atoms with Gasteiger partial charge in [0.2, 0.25) is 11.1 Å². The average molecular weight is 591 g/mol. The average Bonchev–Trinajstić information content (AvgIpc) is 3.36. The number of hydrogen-bond acceptors (Lipinski definition) is 8. The summed E-state index contributed by atoms with van der Waals surface area (Å²) in [6, 6.07) is 17.1. The molecule has 1 amide bonds. The van der Waals surface area contributed by atoms with Crippen molar-refractivity contribution in [3.05, 3.63) is 109 Å². The number of amides is 1. The minimum atomic E-state index is -0.803. The molecule has 1 aliphatic rings. The van der Waals surface area contributed by atoms with Crippen LogP contribution in [0.3, 0.4) is 0 Å². The second-order valence-electron chi connectivity index (χ2n) is 9.50. The van der Waals surface area contributed by atoms with Crippen molar-refractivity contribution in [1.29, 1.82) is 0 Å². The summed E-state index contributed by atoms with van der Waals surface area (Å²) in [4.78, 5) is 29.9. The number of nitrogens with zero attached hydrogens (tertiary/aromatic N) is 4. The Morgan fingerprint density at radius 1 is 1.17 bits per heavy atom. The summed E-state index contributed by atoms with van der Waals surface area (Å²) >= 11 is 7.73. The molecule has 4 aromatic rings. The van der Waals surface area contributed by atoms with Gasteiger partial charge in [0.25, 0.3) is 5.91 Å². The molecular weight excluding hydrogens is 564 g/mol. The third-order valence-corrected chi connectivity index (χ3v) is 8.22. The summed E-state index contributed by atoms with van der Waals surface area (Å²) in [5, 5.41) is 23.9. The number of fused-ring (bicyclic) bond motifs is 1. The van der Waals surface area contributed by atoms with Crippen LogP contribution in [0.15, 0.2) is 77.1 Å². The molecule has 1 aliphatic heterocycles. The van der Waals surface area contributed by atoms with Gasteiger partial charge in [-0.1, -0.05) is 59.8 Å². The molecule has 0 radical (unpaired) electrons. The van der Waals surface area contributed by atoms with E-state index in [-0.39, 0.29) is 17.3 Å². The largest absolute Gasteiger partial charge is 0.490 e. The predicted octanol–water partition coefficient (Wildman–Crippen LogP) is 6.69. The lowest BCUT2D eigenvalue weighted by Gasteiger charge is -2.29. The van der Waals surface area contributed by atoms with Crippen molar-refractivity contribution in [2.24, 2.45) is 0 Å². The normalized spacial score (nSPS) is 14.3. The lowest BCUT2D eigenvalue weighted by atomic mass is 9.94. The van der Waals surface area contributed by atoms with Crippen molar-refractivity contribution in [2.75, 3.05) is 17.7 Å². The van der Waals surface area contributed by atoms with Crippen LogP contribution in [0.1, 0.15) is 35.2 Å². The Morgan fingerprint density at radius 3 is 2.68 bits per heavy atom. The van der Waals surface area contributed by atoms with Crippen LogP contribution in [0.2, 0.25) is 5.02 Å². The van der Waals surface area contributed by atoms with E-state index >= 15 is 0 Å². The number of nitro groups is 1. The van der Waals surface area contributed by atoms with E-state index in [9.17, 15) is 14.9 Å². The summed E-state index contributed by atoms with van der Waals surface area (Å²) in [5.41, 5.74) is 4.77. The van der Waals surface area contributed by atoms with Crippen molar-refractivity contribution < 1.29 is 14.5 Å². The lowest BCUT2D eigenvalue weighted by molar-refractivity contribution is -0.385. The van der Waals surface area contributed by atoms with E-state index in [1.165, 1.54) is 31.0 Å². The number of carbonyl (C=O) groups is 1. The molecule has 0 saturated carbocycles. The zero-order valence-electron chi connectivity index (χ0n) is 22.8. The Hall–Kier alpha value is -4.35.